The zero-order valence-corrected chi connectivity index (χ0v) is 27.3. The first-order valence-corrected chi connectivity index (χ1v) is 16.0. The highest BCUT2D eigenvalue weighted by Gasteiger charge is 2.28. The van der Waals surface area contributed by atoms with Crippen LogP contribution in [0.4, 0.5) is 4.79 Å². The summed E-state index contributed by atoms with van der Waals surface area (Å²) in [5, 5.41) is 14.1. The van der Waals surface area contributed by atoms with E-state index in [-0.39, 0.29) is 24.3 Å². The van der Waals surface area contributed by atoms with Gasteiger partial charge in [-0.05, 0) is 75.6 Å². The molecule has 246 valence electrons. The van der Waals surface area contributed by atoms with Crippen LogP contribution in [0.1, 0.15) is 88.2 Å². The number of nitriles is 1. The van der Waals surface area contributed by atoms with Gasteiger partial charge in [-0.1, -0.05) is 55.8 Å². The van der Waals surface area contributed by atoms with Crippen molar-refractivity contribution in [3.05, 3.63) is 87.6 Å². The summed E-state index contributed by atoms with van der Waals surface area (Å²) in [6, 6.07) is 17.7. The number of carbonyl (C=O) groups is 2. The first-order chi connectivity index (χ1) is 22.6. The Kier molecular flexibility index (Phi) is 10.4. The van der Waals surface area contributed by atoms with Crippen molar-refractivity contribution in [2.24, 2.45) is 0 Å². The molecule has 4 aromatic rings. The second-order valence-corrected chi connectivity index (χ2v) is 12.8. The Morgan fingerprint density at radius 3 is 2.45 bits per heavy atom. The lowest BCUT2D eigenvalue weighted by atomic mass is 9.92. The molecule has 47 heavy (non-hydrogen) atoms. The van der Waals surface area contributed by atoms with E-state index in [2.05, 4.69) is 33.9 Å². The smallest absolute Gasteiger partial charge is 0.426 e. The normalized spacial score (nSPS) is 16.4. The van der Waals surface area contributed by atoms with Crippen LogP contribution in [0.15, 0.2) is 59.7 Å². The second-order valence-electron chi connectivity index (χ2n) is 12.8. The molecule has 1 aliphatic carbocycles. The van der Waals surface area contributed by atoms with Gasteiger partial charge in [0, 0.05) is 18.0 Å². The van der Waals surface area contributed by atoms with E-state index in [9.17, 15) is 19.6 Å². The van der Waals surface area contributed by atoms with E-state index in [4.69, 9.17) is 9.47 Å². The van der Waals surface area contributed by atoms with E-state index in [0.29, 0.717) is 55.4 Å². The largest absolute Gasteiger partial charge is 0.443 e. The van der Waals surface area contributed by atoms with Crippen molar-refractivity contribution in [1.82, 2.24) is 30.0 Å². The molecule has 0 bridgehead atoms. The Morgan fingerprint density at radius 2 is 1.77 bits per heavy atom. The van der Waals surface area contributed by atoms with E-state index < -0.39 is 17.6 Å². The number of nitrogens with zero attached hydrogens (tertiary/aromatic N) is 5. The Hall–Kier alpha value is -5.02. The Balaban J connectivity index is 1.29. The number of benzene rings is 2. The van der Waals surface area contributed by atoms with Crippen LogP contribution in [0.25, 0.3) is 16.9 Å². The zero-order chi connectivity index (χ0) is 33.6. The molecule has 0 radical (unpaired) electrons. The monoisotopic (exact) mass is 639 g/mol. The average Bonchev–Trinajstić information content (AvgIpc) is 3.54. The minimum atomic E-state index is -0.751. The highest BCUT2D eigenvalue weighted by Crippen LogP contribution is 2.31. The van der Waals surface area contributed by atoms with Gasteiger partial charge in [0.1, 0.15) is 18.5 Å². The van der Waals surface area contributed by atoms with Gasteiger partial charge in [0.15, 0.2) is 0 Å². The summed E-state index contributed by atoms with van der Waals surface area (Å²) >= 11 is 0. The predicted molar refractivity (Wildman–Crippen MR) is 175 cm³/mol. The van der Waals surface area contributed by atoms with Gasteiger partial charge in [0.2, 0.25) is 5.78 Å². The maximum Gasteiger partial charge on any atom is 0.426 e. The van der Waals surface area contributed by atoms with Gasteiger partial charge in [-0.3, -0.25) is 19.6 Å². The average molecular weight is 640 g/mol. The maximum atomic E-state index is 14.3. The Labute approximate surface area is 273 Å². The number of hydrazine groups is 1. The van der Waals surface area contributed by atoms with Crippen molar-refractivity contribution in [3.8, 4) is 17.2 Å². The summed E-state index contributed by atoms with van der Waals surface area (Å²) in [4.78, 5) is 42.8. The fourth-order valence-electron chi connectivity index (χ4n) is 6.04. The number of carbonyl (C=O) groups excluding carboxylic acids is 2. The maximum absolute atomic E-state index is 14.3. The molecular weight excluding hydrogens is 598 g/mol. The van der Waals surface area contributed by atoms with Crippen molar-refractivity contribution < 1.29 is 19.1 Å². The predicted octanol–water partition coefficient (Wildman–Crippen LogP) is 5.03. The topological polar surface area (TPSA) is 153 Å². The lowest BCUT2D eigenvalue weighted by Crippen LogP contribution is -2.46. The molecule has 2 amide bonds. The van der Waals surface area contributed by atoms with Crippen molar-refractivity contribution in [2.45, 2.75) is 90.4 Å². The van der Waals surface area contributed by atoms with E-state index in [0.717, 1.165) is 28.8 Å². The van der Waals surface area contributed by atoms with Crippen LogP contribution in [0.5, 0.6) is 0 Å². The number of fused-ring (bicyclic) bond motifs is 1. The zero-order valence-electron chi connectivity index (χ0n) is 27.3. The fraction of sp³-hybridized carbons (Fsp3) is 0.429. The summed E-state index contributed by atoms with van der Waals surface area (Å²) < 4.78 is 14.5. The molecule has 2 aromatic carbocycles. The number of hydrogen-bond donors (Lipinski definition) is 2. The van der Waals surface area contributed by atoms with Crippen LogP contribution in [-0.4, -0.2) is 49.5 Å². The van der Waals surface area contributed by atoms with Gasteiger partial charge in [-0.25, -0.2) is 14.7 Å². The first kappa shape index (κ1) is 33.3. The summed E-state index contributed by atoms with van der Waals surface area (Å²) in [5.74, 6) is 0.0421. The molecule has 0 spiro atoms. The van der Waals surface area contributed by atoms with E-state index in [1.165, 1.54) is 6.33 Å². The molecule has 5 rings (SSSR count). The molecule has 12 nitrogen and oxygen atoms in total. The summed E-state index contributed by atoms with van der Waals surface area (Å²) in [7, 11) is 0. The minimum absolute atomic E-state index is 0.0650. The molecule has 1 fully saturated rings. The molecule has 0 aliphatic heterocycles. The van der Waals surface area contributed by atoms with Gasteiger partial charge >= 0.3 is 6.09 Å². The molecule has 2 aromatic heterocycles. The van der Waals surface area contributed by atoms with Gasteiger partial charge in [-0.2, -0.15) is 15.3 Å². The minimum Gasteiger partial charge on any atom is -0.443 e. The third kappa shape index (κ3) is 8.04. The standard InChI is InChI=1S/C35H41N7O5/c1-5-8-30-29(19-23-11-13-24(14-12-23)28-10-7-6-9-25(28)20-36)32(44)41(33-37-22-38-42(30)33)26-15-17-27(18-16-26)46-21-31(43)39-40-34(45)47-35(2,3)4/h6-7,9-14,22,26-27H,5,8,15-19,21H2,1-4H3,(H,39,43)(H,40,45). The lowest BCUT2D eigenvalue weighted by molar-refractivity contribution is -0.129. The van der Waals surface area contributed by atoms with Crippen LogP contribution in [0.3, 0.4) is 0 Å². The molecule has 1 aliphatic rings. The van der Waals surface area contributed by atoms with Crippen LogP contribution in [0, 0.1) is 11.3 Å². The summed E-state index contributed by atoms with van der Waals surface area (Å²) in [5.41, 5.74) is 8.75. The molecule has 0 atom stereocenters. The van der Waals surface area contributed by atoms with E-state index in [1.54, 1.807) is 31.4 Å². The third-order valence-electron chi connectivity index (χ3n) is 8.17. The summed E-state index contributed by atoms with van der Waals surface area (Å²) in [6.07, 6.45) is 5.20. The number of amides is 2. The number of aromatic nitrogens is 4. The molecule has 2 heterocycles. The van der Waals surface area contributed by atoms with Gasteiger partial charge in [-0.15, -0.1) is 0 Å². The molecular formula is C35H41N7O5. The quantitative estimate of drug-likeness (QED) is 0.242. The highest BCUT2D eigenvalue weighted by atomic mass is 16.6. The first-order valence-electron chi connectivity index (χ1n) is 16.0. The molecule has 1 saturated carbocycles. The van der Waals surface area contributed by atoms with Crippen molar-refractivity contribution in [3.63, 3.8) is 0 Å². The van der Waals surface area contributed by atoms with Crippen LogP contribution >= 0.6 is 0 Å². The number of rotatable bonds is 9. The molecule has 12 heteroatoms. The van der Waals surface area contributed by atoms with E-state index in [1.807, 2.05) is 47.0 Å². The van der Waals surface area contributed by atoms with Crippen LogP contribution in [-0.2, 0) is 27.1 Å². The van der Waals surface area contributed by atoms with Gasteiger partial charge < -0.3 is 9.47 Å². The lowest BCUT2D eigenvalue weighted by Gasteiger charge is -2.30. The number of aryl methyl sites for hydroxylation is 1. The van der Waals surface area contributed by atoms with Gasteiger partial charge in [0.25, 0.3) is 11.5 Å². The van der Waals surface area contributed by atoms with E-state index >= 15 is 0 Å². The Morgan fingerprint density at radius 1 is 1.04 bits per heavy atom. The third-order valence-corrected chi connectivity index (χ3v) is 8.17. The van der Waals surface area contributed by atoms with Crippen LogP contribution < -0.4 is 16.4 Å². The molecule has 2 N–H and O–H groups in total. The highest BCUT2D eigenvalue weighted by molar-refractivity contribution is 5.80. The molecule has 0 unspecified atom stereocenters. The van der Waals surface area contributed by atoms with Crippen molar-refractivity contribution in [1.29, 1.82) is 5.26 Å². The fourth-order valence-corrected chi connectivity index (χ4v) is 6.04. The number of nitrogens with one attached hydrogen (secondary N) is 2. The number of ether oxygens (including phenoxy) is 2. The van der Waals surface area contributed by atoms with Crippen LogP contribution in [0.2, 0.25) is 0 Å². The van der Waals surface area contributed by atoms with Gasteiger partial charge in [0.05, 0.1) is 23.4 Å². The molecule has 0 saturated heterocycles. The Bertz CT molecular complexity index is 1820. The van der Waals surface area contributed by atoms with Crippen molar-refractivity contribution in [2.75, 3.05) is 6.61 Å². The second kappa shape index (κ2) is 14.6. The SMILES string of the molecule is CCCc1c(Cc2ccc(-c3ccccc3C#N)cc2)c(=O)n(C2CCC(OCC(=O)NNC(=O)OC(C)(C)C)CC2)c2ncnn12. The number of hydrogen-bond acceptors (Lipinski definition) is 8. The van der Waals surface area contributed by atoms with Crippen molar-refractivity contribution >= 4 is 17.8 Å². The summed E-state index contributed by atoms with van der Waals surface area (Å²) in [6.45, 7) is 7.06.